The fourth-order valence-corrected chi connectivity index (χ4v) is 4.63. The van der Waals surface area contributed by atoms with E-state index in [0.29, 0.717) is 0 Å². The number of aryl methyl sites for hydroxylation is 1. The number of rotatable bonds is 4. The van der Waals surface area contributed by atoms with Crippen LogP contribution in [0.4, 0.5) is 0 Å². The zero-order valence-electron chi connectivity index (χ0n) is 13.7. The number of nitrogens with zero attached hydrogens (tertiary/aromatic N) is 2. The normalized spacial score (nSPS) is 32.0. The van der Waals surface area contributed by atoms with Crippen molar-refractivity contribution in [2.45, 2.75) is 26.3 Å². The molecule has 2 heteroatoms. The summed E-state index contributed by atoms with van der Waals surface area (Å²) in [5.41, 5.74) is 2.84. The number of allylic oxidation sites excluding steroid dienone is 2. The Labute approximate surface area is 134 Å². The second-order valence-corrected chi connectivity index (χ2v) is 7.61. The lowest BCUT2D eigenvalue weighted by atomic mass is 9.93. The van der Waals surface area contributed by atoms with E-state index in [0.717, 1.165) is 24.3 Å². The molecule has 1 saturated carbocycles. The number of hydrogen-bond donors (Lipinski definition) is 0. The summed E-state index contributed by atoms with van der Waals surface area (Å²) in [6, 6.07) is 8.96. The van der Waals surface area contributed by atoms with Crippen LogP contribution in [0, 0.1) is 24.7 Å². The van der Waals surface area contributed by atoms with Crippen molar-refractivity contribution in [1.29, 1.82) is 0 Å². The van der Waals surface area contributed by atoms with Crippen molar-refractivity contribution in [1.82, 2.24) is 9.80 Å². The Morgan fingerprint density at radius 2 is 1.82 bits per heavy atom. The molecule has 22 heavy (non-hydrogen) atoms. The van der Waals surface area contributed by atoms with E-state index in [9.17, 15) is 0 Å². The number of hydrogen-bond acceptors (Lipinski definition) is 2. The minimum Gasteiger partial charge on any atom is -0.300 e. The molecule has 118 valence electrons. The van der Waals surface area contributed by atoms with Crippen LogP contribution < -0.4 is 0 Å². The molecule has 0 unspecified atom stereocenters. The number of piperazine rings is 1. The van der Waals surface area contributed by atoms with Crippen molar-refractivity contribution in [3.8, 4) is 0 Å². The van der Waals surface area contributed by atoms with E-state index in [4.69, 9.17) is 0 Å². The topological polar surface area (TPSA) is 6.48 Å². The Morgan fingerprint density at radius 1 is 1.00 bits per heavy atom. The third kappa shape index (κ3) is 3.13. The largest absolute Gasteiger partial charge is 0.300 e. The molecule has 1 heterocycles. The molecule has 2 bridgehead atoms. The van der Waals surface area contributed by atoms with E-state index in [1.165, 1.54) is 56.7 Å². The van der Waals surface area contributed by atoms with E-state index >= 15 is 0 Å². The van der Waals surface area contributed by atoms with Gasteiger partial charge in [0.1, 0.15) is 0 Å². The van der Waals surface area contributed by atoms with Crippen LogP contribution in [0.5, 0.6) is 0 Å². The Kier molecular flexibility index (Phi) is 4.06. The fourth-order valence-electron chi connectivity index (χ4n) is 4.63. The minimum atomic E-state index is 0.898. The third-order valence-electron chi connectivity index (χ3n) is 5.86. The van der Waals surface area contributed by atoms with Crippen molar-refractivity contribution in [3.05, 3.63) is 47.5 Å². The van der Waals surface area contributed by atoms with Crippen LogP contribution in [0.1, 0.15) is 24.0 Å². The van der Waals surface area contributed by atoms with Gasteiger partial charge in [0.05, 0.1) is 0 Å². The smallest absolute Gasteiger partial charge is 0.0234 e. The molecule has 4 rings (SSSR count). The quantitative estimate of drug-likeness (QED) is 0.786. The van der Waals surface area contributed by atoms with E-state index in [1.807, 2.05) is 0 Å². The first-order valence-electron chi connectivity index (χ1n) is 8.95. The molecule has 1 saturated heterocycles. The van der Waals surface area contributed by atoms with Crippen molar-refractivity contribution in [2.75, 3.05) is 32.7 Å². The maximum Gasteiger partial charge on any atom is 0.0234 e. The van der Waals surface area contributed by atoms with Crippen molar-refractivity contribution >= 4 is 0 Å². The third-order valence-corrected chi connectivity index (χ3v) is 5.86. The first-order valence-corrected chi connectivity index (χ1v) is 8.95. The van der Waals surface area contributed by atoms with Gasteiger partial charge in [-0.1, -0.05) is 42.0 Å². The molecular weight excluding hydrogens is 268 g/mol. The first kappa shape index (κ1) is 14.5. The van der Waals surface area contributed by atoms with Gasteiger partial charge in [-0.25, -0.2) is 0 Å². The van der Waals surface area contributed by atoms with Gasteiger partial charge in [0.15, 0.2) is 0 Å². The number of benzene rings is 1. The molecule has 0 N–H and O–H groups in total. The SMILES string of the molecule is Cc1cccc(CN2CCN(C[C@@H]3C[C@H]4C=C[C@@H]3C4)CC2)c1. The fraction of sp³-hybridized carbons (Fsp3) is 0.600. The highest BCUT2D eigenvalue weighted by Gasteiger charge is 2.36. The van der Waals surface area contributed by atoms with Crippen molar-refractivity contribution in [2.24, 2.45) is 17.8 Å². The zero-order chi connectivity index (χ0) is 14.9. The monoisotopic (exact) mass is 296 g/mol. The van der Waals surface area contributed by atoms with Gasteiger partial charge in [0.2, 0.25) is 0 Å². The number of fused-ring (bicyclic) bond motifs is 2. The van der Waals surface area contributed by atoms with E-state index < -0.39 is 0 Å². The van der Waals surface area contributed by atoms with Gasteiger partial charge in [-0.05, 0) is 43.1 Å². The van der Waals surface area contributed by atoms with Crippen LogP contribution in [-0.4, -0.2) is 42.5 Å². The Bertz CT molecular complexity index is 542. The van der Waals surface area contributed by atoms with Crippen molar-refractivity contribution in [3.63, 3.8) is 0 Å². The van der Waals surface area contributed by atoms with Crippen LogP contribution in [0.15, 0.2) is 36.4 Å². The Morgan fingerprint density at radius 3 is 2.50 bits per heavy atom. The molecule has 2 aliphatic carbocycles. The van der Waals surface area contributed by atoms with Crippen LogP contribution in [-0.2, 0) is 6.54 Å². The predicted molar refractivity (Wildman–Crippen MR) is 91.7 cm³/mol. The van der Waals surface area contributed by atoms with Gasteiger partial charge in [-0.2, -0.15) is 0 Å². The summed E-state index contributed by atoms with van der Waals surface area (Å²) in [6.45, 7) is 9.60. The summed E-state index contributed by atoms with van der Waals surface area (Å²) in [6.07, 6.45) is 7.84. The molecule has 1 aromatic rings. The molecule has 1 aromatic carbocycles. The van der Waals surface area contributed by atoms with E-state index in [2.05, 4.69) is 53.1 Å². The summed E-state index contributed by atoms with van der Waals surface area (Å²) >= 11 is 0. The van der Waals surface area contributed by atoms with Gasteiger partial charge < -0.3 is 4.90 Å². The molecule has 3 aliphatic rings. The summed E-state index contributed by atoms with van der Waals surface area (Å²) in [5, 5.41) is 0. The van der Waals surface area contributed by atoms with Gasteiger partial charge in [0.25, 0.3) is 0 Å². The highest BCUT2D eigenvalue weighted by molar-refractivity contribution is 5.22. The predicted octanol–water partition coefficient (Wildman–Crippen LogP) is 3.32. The molecule has 2 nitrogen and oxygen atoms in total. The summed E-state index contributed by atoms with van der Waals surface area (Å²) in [5.74, 6) is 2.76. The average molecular weight is 296 g/mol. The second kappa shape index (κ2) is 6.17. The molecule has 0 radical (unpaired) electrons. The first-order chi connectivity index (χ1) is 10.8. The van der Waals surface area contributed by atoms with Crippen LogP contribution >= 0.6 is 0 Å². The van der Waals surface area contributed by atoms with E-state index in [-0.39, 0.29) is 0 Å². The lowest BCUT2D eigenvalue weighted by Gasteiger charge is -2.37. The average Bonchev–Trinajstić information content (AvgIpc) is 3.12. The summed E-state index contributed by atoms with van der Waals surface area (Å²) in [7, 11) is 0. The minimum absolute atomic E-state index is 0.898. The molecular formula is C20H28N2. The maximum atomic E-state index is 2.71. The van der Waals surface area contributed by atoms with Crippen LogP contribution in [0.3, 0.4) is 0 Å². The van der Waals surface area contributed by atoms with Crippen LogP contribution in [0.25, 0.3) is 0 Å². The van der Waals surface area contributed by atoms with Gasteiger partial charge in [0, 0.05) is 39.3 Å². The Balaban J connectivity index is 1.25. The zero-order valence-corrected chi connectivity index (χ0v) is 13.7. The highest BCUT2D eigenvalue weighted by atomic mass is 15.3. The molecule has 2 fully saturated rings. The second-order valence-electron chi connectivity index (χ2n) is 7.61. The molecule has 0 spiro atoms. The maximum absolute atomic E-state index is 2.71. The molecule has 3 atom stereocenters. The van der Waals surface area contributed by atoms with E-state index in [1.54, 1.807) is 0 Å². The van der Waals surface area contributed by atoms with Crippen molar-refractivity contribution < 1.29 is 0 Å². The van der Waals surface area contributed by atoms with Gasteiger partial charge in [-0.3, -0.25) is 4.90 Å². The standard InChI is InChI=1S/C20H28N2/c1-16-3-2-4-18(11-16)14-21-7-9-22(10-8-21)15-20-13-17-5-6-19(20)12-17/h2-6,11,17,19-20H,7-10,12-15H2,1H3/t17-,19+,20-/m0/s1. The molecule has 0 aromatic heterocycles. The summed E-state index contributed by atoms with van der Waals surface area (Å²) < 4.78 is 0. The molecule has 1 aliphatic heterocycles. The lowest BCUT2D eigenvalue weighted by Crippen LogP contribution is -2.47. The van der Waals surface area contributed by atoms with Gasteiger partial charge >= 0.3 is 0 Å². The molecule has 0 amide bonds. The summed E-state index contributed by atoms with van der Waals surface area (Å²) in [4.78, 5) is 5.33. The highest BCUT2D eigenvalue weighted by Crippen LogP contribution is 2.43. The van der Waals surface area contributed by atoms with Crippen LogP contribution in [0.2, 0.25) is 0 Å². The van der Waals surface area contributed by atoms with Gasteiger partial charge in [-0.15, -0.1) is 0 Å². The lowest BCUT2D eigenvalue weighted by molar-refractivity contribution is 0.108. The Hall–Kier alpha value is -1.12.